The molecular formula is C14H31NO3. The molecule has 0 amide bonds. The van der Waals surface area contributed by atoms with E-state index >= 15 is 0 Å². The highest BCUT2D eigenvalue weighted by atomic mass is 16.5. The molecule has 0 saturated heterocycles. The lowest BCUT2D eigenvalue weighted by molar-refractivity contribution is 0.0622. The van der Waals surface area contributed by atoms with E-state index in [2.05, 4.69) is 19.2 Å². The second kappa shape index (κ2) is 13.3. The van der Waals surface area contributed by atoms with Crippen LogP contribution in [0.15, 0.2) is 0 Å². The molecule has 4 nitrogen and oxygen atoms in total. The molecule has 0 aliphatic rings. The second-order valence-electron chi connectivity index (χ2n) is 5.09. The Morgan fingerprint density at radius 1 is 0.944 bits per heavy atom. The summed E-state index contributed by atoms with van der Waals surface area (Å²) in [5.74, 6) is 1.42. The molecule has 18 heavy (non-hydrogen) atoms. The highest BCUT2D eigenvalue weighted by molar-refractivity contribution is 4.64. The molecule has 0 radical (unpaired) electrons. The highest BCUT2D eigenvalue weighted by Crippen LogP contribution is 2.14. The Morgan fingerprint density at radius 3 is 2.28 bits per heavy atom. The third-order valence-corrected chi connectivity index (χ3v) is 2.82. The minimum atomic E-state index is 0.681. The minimum absolute atomic E-state index is 0.681. The van der Waals surface area contributed by atoms with Gasteiger partial charge in [-0.2, -0.15) is 0 Å². The van der Waals surface area contributed by atoms with Crippen LogP contribution in [0.3, 0.4) is 0 Å². The van der Waals surface area contributed by atoms with Crippen molar-refractivity contribution in [3.63, 3.8) is 0 Å². The van der Waals surface area contributed by atoms with Gasteiger partial charge in [0.25, 0.3) is 0 Å². The molecule has 4 heteroatoms. The van der Waals surface area contributed by atoms with E-state index in [0.29, 0.717) is 19.1 Å². The predicted molar refractivity (Wildman–Crippen MR) is 75.0 cm³/mol. The maximum atomic E-state index is 5.54. The van der Waals surface area contributed by atoms with Gasteiger partial charge in [-0.1, -0.05) is 13.8 Å². The zero-order chi connectivity index (χ0) is 13.6. The number of nitrogens with one attached hydrogen (secondary N) is 1. The van der Waals surface area contributed by atoms with Crippen molar-refractivity contribution in [2.45, 2.75) is 26.7 Å². The van der Waals surface area contributed by atoms with E-state index < -0.39 is 0 Å². The molecule has 0 aromatic carbocycles. The van der Waals surface area contributed by atoms with Crippen LogP contribution in [0.2, 0.25) is 0 Å². The third kappa shape index (κ3) is 12.3. The van der Waals surface area contributed by atoms with E-state index in [1.165, 1.54) is 6.42 Å². The molecule has 0 bridgehead atoms. The van der Waals surface area contributed by atoms with E-state index in [1.807, 2.05) is 0 Å². The summed E-state index contributed by atoms with van der Waals surface area (Å²) >= 11 is 0. The maximum absolute atomic E-state index is 5.54. The molecule has 0 spiro atoms. The van der Waals surface area contributed by atoms with Crippen LogP contribution in [0.4, 0.5) is 0 Å². The molecule has 0 aliphatic heterocycles. The summed E-state index contributed by atoms with van der Waals surface area (Å²) in [5.41, 5.74) is 0. The van der Waals surface area contributed by atoms with E-state index in [9.17, 15) is 0 Å². The molecule has 0 aliphatic carbocycles. The van der Waals surface area contributed by atoms with Gasteiger partial charge in [0, 0.05) is 27.4 Å². The molecule has 0 aromatic heterocycles. The van der Waals surface area contributed by atoms with E-state index in [4.69, 9.17) is 14.2 Å². The highest BCUT2D eigenvalue weighted by Gasteiger charge is 2.10. The second-order valence-corrected chi connectivity index (χ2v) is 5.09. The lowest BCUT2D eigenvalue weighted by Gasteiger charge is -2.19. The first kappa shape index (κ1) is 17.8. The first-order chi connectivity index (χ1) is 8.70. The maximum Gasteiger partial charge on any atom is 0.0700 e. The number of methoxy groups -OCH3 is 2. The fourth-order valence-electron chi connectivity index (χ4n) is 1.94. The lowest BCUT2D eigenvalue weighted by atomic mass is 9.94. The number of hydrogen-bond donors (Lipinski definition) is 1. The number of hydrogen-bond acceptors (Lipinski definition) is 4. The fraction of sp³-hybridized carbons (Fsp3) is 1.00. The first-order valence-electron chi connectivity index (χ1n) is 6.97. The van der Waals surface area contributed by atoms with Crippen LogP contribution >= 0.6 is 0 Å². The predicted octanol–water partition coefficient (Wildman–Crippen LogP) is 1.94. The molecule has 0 saturated carbocycles. The molecule has 1 unspecified atom stereocenters. The van der Waals surface area contributed by atoms with Gasteiger partial charge in [0.2, 0.25) is 0 Å². The summed E-state index contributed by atoms with van der Waals surface area (Å²) in [6.07, 6.45) is 2.36. The molecule has 0 fully saturated rings. The van der Waals surface area contributed by atoms with Crippen molar-refractivity contribution in [1.82, 2.24) is 5.32 Å². The van der Waals surface area contributed by atoms with Gasteiger partial charge in [-0.3, -0.25) is 0 Å². The molecule has 110 valence electrons. The molecule has 0 aromatic rings. The van der Waals surface area contributed by atoms with E-state index in [-0.39, 0.29) is 0 Å². The Bertz CT molecular complexity index is 165. The summed E-state index contributed by atoms with van der Waals surface area (Å²) in [6, 6.07) is 0. The lowest BCUT2D eigenvalue weighted by Crippen LogP contribution is -2.27. The molecule has 1 N–H and O–H groups in total. The smallest absolute Gasteiger partial charge is 0.0700 e. The van der Waals surface area contributed by atoms with E-state index in [0.717, 1.165) is 38.6 Å². The van der Waals surface area contributed by atoms with Crippen molar-refractivity contribution in [2.75, 3.05) is 53.7 Å². The Balaban J connectivity index is 3.63. The average molecular weight is 261 g/mol. The molecule has 0 heterocycles. The van der Waals surface area contributed by atoms with Crippen LogP contribution in [0.25, 0.3) is 0 Å². The standard InChI is InChI=1S/C14H31NO3/c1-13(2)11-14(12-15-6-8-16-3)5-7-18-10-9-17-4/h13-15H,5-12H2,1-4H3. The average Bonchev–Trinajstić information content (AvgIpc) is 2.33. The van der Waals surface area contributed by atoms with Gasteiger partial charge in [-0.15, -0.1) is 0 Å². The fourth-order valence-corrected chi connectivity index (χ4v) is 1.94. The molecule has 1 atom stereocenters. The van der Waals surface area contributed by atoms with Crippen LogP contribution in [0.5, 0.6) is 0 Å². The minimum Gasteiger partial charge on any atom is -0.383 e. The van der Waals surface area contributed by atoms with Crippen LogP contribution in [0, 0.1) is 11.8 Å². The Kier molecular flexibility index (Phi) is 13.2. The van der Waals surface area contributed by atoms with Crippen LogP contribution in [-0.4, -0.2) is 53.7 Å². The molecular weight excluding hydrogens is 230 g/mol. The molecule has 0 rings (SSSR count). The third-order valence-electron chi connectivity index (χ3n) is 2.82. The Morgan fingerprint density at radius 2 is 1.67 bits per heavy atom. The van der Waals surface area contributed by atoms with Crippen molar-refractivity contribution in [3.8, 4) is 0 Å². The van der Waals surface area contributed by atoms with Crippen molar-refractivity contribution in [1.29, 1.82) is 0 Å². The zero-order valence-electron chi connectivity index (χ0n) is 12.5. The van der Waals surface area contributed by atoms with Crippen molar-refractivity contribution in [2.24, 2.45) is 11.8 Å². The normalized spacial score (nSPS) is 13.2. The van der Waals surface area contributed by atoms with Gasteiger partial charge < -0.3 is 19.5 Å². The van der Waals surface area contributed by atoms with Crippen LogP contribution < -0.4 is 5.32 Å². The van der Waals surface area contributed by atoms with Gasteiger partial charge in [0.15, 0.2) is 0 Å². The summed E-state index contributed by atoms with van der Waals surface area (Å²) < 4.78 is 15.5. The quantitative estimate of drug-likeness (QED) is 0.514. The van der Waals surface area contributed by atoms with Gasteiger partial charge in [-0.25, -0.2) is 0 Å². The van der Waals surface area contributed by atoms with Gasteiger partial charge >= 0.3 is 0 Å². The van der Waals surface area contributed by atoms with Gasteiger partial charge in [0.05, 0.1) is 19.8 Å². The summed E-state index contributed by atoms with van der Waals surface area (Å²) in [6.45, 7) is 9.50. The van der Waals surface area contributed by atoms with Gasteiger partial charge in [0.1, 0.15) is 0 Å². The van der Waals surface area contributed by atoms with Crippen molar-refractivity contribution >= 4 is 0 Å². The summed E-state index contributed by atoms with van der Waals surface area (Å²) in [5, 5.41) is 3.44. The van der Waals surface area contributed by atoms with Crippen LogP contribution in [-0.2, 0) is 14.2 Å². The number of ether oxygens (including phenoxy) is 3. The largest absolute Gasteiger partial charge is 0.383 e. The zero-order valence-corrected chi connectivity index (χ0v) is 12.5. The van der Waals surface area contributed by atoms with Gasteiger partial charge in [-0.05, 0) is 31.2 Å². The summed E-state index contributed by atoms with van der Waals surface area (Å²) in [4.78, 5) is 0. The first-order valence-corrected chi connectivity index (χ1v) is 6.97. The van der Waals surface area contributed by atoms with Crippen LogP contribution in [0.1, 0.15) is 26.7 Å². The topological polar surface area (TPSA) is 39.7 Å². The SMILES string of the molecule is COCCNCC(CCOCCOC)CC(C)C. The van der Waals surface area contributed by atoms with Crippen molar-refractivity contribution < 1.29 is 14.2 Å². The Labute approximate surface area is 112 Å². The monoisotopic (exact) mass is 261 g/mol. The van der Waals surface area contributed by atoms with E-state index in [1.54, 1.807) is 14.2 Å². The van der Waals surface area contributed by atoms with Crippen molar-refractivity contribution in [3.05, 3.63) is 0 Å². The number of rotatable bonds is 13. The summed E-state index contributed by atoms with van der Waals surface area (Å²) in [7, 11) is 3.43. The Hall–Kier alpha value is -0.160.